The van der Waals surface area contributed by atoms with Crippen LogP contribution in [0.15, 0.2) is 0 Å². The Hall–Kier alpha value is -0.0800. The summed E-state index contributed by atoms with van der Waals surface area (Å²) in [6.45, 7) is 13.0. The van der Waals surface area contributed by atoms with E-state index in [4.69, 9.17) is 0 Å². The number of nitrogens with one attached hydrogen (secondary N) is 2. The molecule has 0 spiro atoms. The third-order valence-electron chi connectivity index (χ3n) is 5.27. The first-order chi connectivity index (χ1) is 8.67. The van der Waals surface area contributed by atoms with Gasteiger partial charge in [0.15, 0.2) is 0 Å². The smallest absolute Gasteiger partial charge is 0.0173 e. The number of rotatable bonds is 8. The molecule has 0 aliphatic carbocycles. The molecule has 0 aromatic carbocycles. The van der Waals surface area contributed by atoms with Crippen molar-refractivity contribution in [2.75, 3.05) is 19.6 Å². The largest absolute Gasteiger partial charge is 0.316 e. The lowest BCUT2D eigenvalue weighted by Gasteiger charge is -2.34. The van der Waals surface area contributed by atoms with Crippen molar-refractivity contribution in [3.05, 3.63) is 0 Å². The lowest BCUT2D eigenvalue weighted by Crippen LogP contribution is -2.44. The zero-order valence-corrected chi connectivity index (χ0v) is 13.0. The van der Waals surface area contributed by atoms with E-state index >= 15 is 0 Å². The number of hydrogen-bond donors (Lipinski definition) is 2. The second kappa shape index (κ2) is 8.16. The average molecular weight is 254 g/mol. The monoisotopic (exact) mass is 254 g/mol. The molecule has 1 saturated heterocycles. The highest BCUT2D eigenvalue weighted by Crippen LogP contribution is 2.23. The van der Waals surface area contributed by atoms with Gasteiger partial charge in [-0.2, -0.15) is 0 Å². The van der Waals surface area contributed by atoms with Crippen molar-refractivity contribution in [2.45, 2.75) is 71.8 Å². The van der Waals surface area contributed by atoms with Crippen molar-refractivity contribution >= 4 is 0 Å². The van der Waals surface area contributed by atoms with Gasteiger partial charge in [-0.3, -0.25) is 0 Å². The van der Waals surface area contributed by atoms with Crippen LogP contribution >= 0.6 is 0 Å². The van der Waals surface area contributed by atoms with Gasteiger partial charge >= 0.3 is 0 Å². The zero-order chi connectivity index (χ0) is 13.4. The summed E-state index contributed by atoms with van der Waals surface area (Å²) in [5.74, 6) is 1.76. The van der Waals surface area contributed by atoms with Gasteiger partial charge in [-0.05, 0) is 70.0 Å². The first kappa shape index (κ1) is 16.0. The van der Waals surface area contributed by atoms with Crippen LogP contribution in [0.2, 0.25) is 0 Å². The first-order valence-corrected chi connectivity index (χ1v) is 8.13. The second-order valence-electron chi connectivity index (χ2n) is 6.14. The highest BCUT2D eigenvalue weighted by molar-refractivity contribution is 4.84. The van der Waals surface area contributed by atoms with Gasteiger partial charge in [0.25, 0.3) is 0 Å². The molecule has 1 aliphatic heterocycles. The molecule has 1 heterocycles. The highest BCUT2D eigenvalue weighted by atomic mass is 15.0. The van der Waals surface area contributed by atoms with Crippen molar-refractivity contribution in [3.63, 3.8) is 0 Å². The van der Waals surface area contributed by atoms with Crippen LogP contribution in [0.3, 0.4) is 0 Å². The highest BCUT2D eigenvalue weighted by Gasteiger charge is 2.24. The van der Waals surface area contributed by atoms with Gasteiger partial charge in [-0.15, -0.1) is 0 Å². The summed E-state index contributed by atoms with van der Waals surface area (Å²) < 4.78 is 0. The maximum absolute atomic E-state index is 3.83. The minimum absolute atomic E-state index is 0.393. The van der Waals surface area contributed by atoms with Crippen LogP contribution in [0.1, 0.15) is 66.2 Å². The van der Waals surface area contributed by atoms with E-state index in [1.165, 1.54) is 58.2 Å². The molecule has 2 atom stereocenters. The Morgan fingerprint density at radius 3 is 2.39 bits per heavy atom. The Morgan fingerprint density at radius 1 is 1.22 bits per heavy atom. The fraction of sp³-hybridized carbons (Fsp3) is 1.00. The average Bonchev–Trinajstić information content (AvgIpc) is 2.45. The van der Waals surface area contributed by atoms with E-state index in [-0.39, 0.29) is 0 Å². The Morgan fingerprint density at radius 2 is 1.89 bits per heavy atom. The number of hydrogen-bond acceptors (Lipinski definition) is 2. The normalized spacial score (nSPS) is 23.0. The van der Waals surface area contributed by atoms with Gasteiger partial charge in [-0.1, -0.05) is 27.7 Å². The van der Waals surface area contributed by atoms with Gasteiger partial charge in [0, 0.05) is 5.54 Å². The topological polar surface area (TPSA) is 24.1 Å². The van der Waals surface area contributed by atoms with E-state index in [1.807, 2.05) is 0 Å². The molecule has 0 aromatic heterocycles. The van der Waals surface area contributed by atoms with Crippen LogP contribution in [0, 0.1) is 11.8 Å². The van der Waals surface area contributed by atoms with Crippen molar-refractivity contribution in [2.24, 2.45) is 11.8 Å². The predicted molar refractivity (Wildman–Crippen MR) is 81.0 cm³/mol. The van der Waals surface area contributed by atoms with E-state index in [0.29, 0.717) is 5.54 Å². The van der Waals surface area contributed by atoms with Gasteiger partial charge in [0.05, 0.1) is 0 Å². The molecular weight excluding hydrogens is 220 g/mol. The Balaban J connectivity index is 2.26. The molecular formula is C16H34N2. The minimum atomic E-state index is 0.393. The lowest BCUT2D eigenvalue weighted by atomic mass is 9.84. The van der Waals surface area contributed by atoms with Gasteiger partial charge in [0.1, 0.15) is 0 Å². The summed E-state index contributed by atoms with van der Waals surface area (Å²) >= 11 is 0. The van der Waals surface area contributed by atoms with E-state index in [9.17, 15) is 0 Å². The maximum Gasteiger partial charge on any atom is 0.0173 e. The summed E-state index contributed by atoms with van der Waals surface area (Å²) in [6.07, 6.45) is 7.87. The summed E-state index contributed by atoms with van der Waals surface area (Å²) in [5.41, 5.74) is 0.393. The zero-order valence-electron chi connectivity index (χ0n) is 13.0. The molecule has 2 heteroatoms. The molecule has 2 N–H and O–H groups in total. The van der Waals surface area contributed by atoms with E-state index in [2.05, 4.69) is 38.3 Å². The molecule has 0 amide bonds. The summed E-state index contributed by atoms with van der Waals surface area (Å²) in [4.78, 5) is 0. The lowest BCUT2D eigenvalue weighted by molar-refractivity contribution is 0.240. The van der Waals surface area contributed by atoms with Crippen molar-refractivity contribution in [1.29, 1.82) is 0 Å². The van der Waals surface area contributed by atoms with Gasteiger partial charge in [0.2, 0.25) is 0 Å². The second-order valence-corrected chi connectivity index (χ2v) is 6.14. The maximum atomic E-state index is 3.83. The van der Waals surface area contributed by atoms with Crippen LogP contribution in [0.25, 0.3) is 0 Å². The fourth-order valence-corrected chi connectivity index (χ4v) is 3.29. The Kier molecular flexibility index (Phi) is 7.25. The van der Waals surface area contributed by atoms with Crippen LogP contribution in [0.4, 0.5) is 0 Å². The fourth-order valence-electron chi connectivity index (χ4n) is 3.29. The quantitative estimate of drug-likeness (QED) is 0.692. The minimum Gasteiger partial charge on any atom is -0.316 e. The van der Waals surface area contributed by atoms with E-state index < -0.39 is 0 Å². The molecule has 0 saturated carbocycles. The van der Waals surface area contributed by atoms with E-state index in [1.54, 1.807) is 0 Å². The van der Waals surface area contributed by atoms with Crippen LogP contribution in [-0.4, -0.2) is 25.2 Å². The van der Waals surface area contributed by atoms with Crippen molar-refractivity contribution < 1.29 is 0 Å². The molecule has 0 bridgehead atoms. The van der Waals surface area contributed by atoms with E-state index in [0.717, 1.165) is 11.8 Å². The van der Waals surface area contributed by atoms with Gasteiger partial charge in [-0.25, -0.2) is 0 Å². The summed E-state index contributed by atoms with van der Waals surface area (Å²) in [5, 5.41) is 7.37. The standard InChI is InChI=1S/C16H34N2/c1-5-16(6-2,7-3)18-12-10-14(4)15-9-8-11-17-13-15/h14-15,17-18H,5-13H2,1-4H3. The molecule has 0 aromatic rings. The SMILES string of the molecule is CCC(CC)(CC)NCCC(C)C1CCCNC1. The third kappa shape index (κ3) is 4.55. The molecule has 108 valence electrons. The molecule has 18 heavy (non-hydrogen) atoms. The molecule has 0 radical (unpaired) electrons. The molecule has 1 fully saturated rings. The molecule has 1 rings (SSSR count). The Bertz CT molecular complexity index is 197. The number of piperidine rings is 1. The van der Waals surface area contributed by atoms with Crippen LogP contribution < -0.4 is 10.6 Å². The molecule has 2 nitrogen and oxygen atoms in total. The Labute approximate surface area is 114 Å². The molecule has 2 unspecified atom stereocenters. The molecule has 1 aliphatic rings. The van der Waals surface area contributed by atoms with Gasteiger partial charge < -0.3 is 10.6 Å². The van der Waals surface area contributed by atoms with Crippen LogP contribution in [0.5, 0.6) is 0 Å². The third-order valence-corrected chi connectivity index (χ3v) is 5.27. The van der Waals surface area contributed by atoms with Crippen LogP contribution in [-0.2, 0) is 0 Å². The van der Waals surface area contributed by atoms with Crippen molar-refractivity contribution in [3.8, 4) is 0 Å². The predicted octanol–water partition coefficient (Wildman–Crippen LogP) is 3.57. The first-order valence-electron chi connectivity index (χ1n) is 8.13. The summed E-state index contributed by atoms with van der Waals surface area (Å²) in [6, 6.07) is 0. The van der Waals surface area contributed by atoms with Crippen molar-refractivity contribution in [1.82, 2.24) is 10.6 Å². The summed E-state index contributed by atoms with van der Waals surface area (Å²) in [7, 11) is 0.